The van der Waals surface area contributed by atoms with Gasteiger partial charge in [-0.25, -0.2) is 0 Å². The van der Waals surface area contributed by atoms with Crippen molar-refractivity contribution in [2.24, 2.45) is 0 Å². The van der Waals surface area contributed by atoms with E-state index in [2.05, 4.69) is 22.5 Å². The Morgan fingerprint density at radius 3 is 2.42 bits per heavy atom. The maximum Gasteiger partial charge on any atom is 0.251 e. The third-order valence-corrected chi connectivity index (χ3v) is 3.90. The third kappa shape index (κ3) is 4.24. The molecule has 1 amide bonds. The van der Waals surface area contributed by atoms with Gasteiger partial charge in [0.1, 0.15) is 0 Å². The number of nitrogens with one attached hydrogen (secondary N) is 1. The molecule has 0 radical (unpaired) electrons. The molecular weight excluding hydrogens is 322 g/mol. The molecule has 0 spiro atoms. The Balaban J connectivity index is 1.50. The zero-order valence-corrected chi connectivity index (χ0v) is 13.9. The fourth-order valence-electron chi connectivity index (χ4n) is 2.45. The first-order valence-corrected chi connectivity index (χ1v) is 8.22. The Hall–Kier alpha value is -2.59. The van der Waals surface area contributed by atoms with Gasteiger partial charge in [0.25, 0.3) is 5.91 Å². The molecule has 3 rings (SSSR count). The van der Waals surface area contributed by atoms with E-state index in [0.29, 0.717) is 17.1 Å². The van der Waals surface area contributed by atoms with Gasteiger partial charge in [0.15, 0.2) is 0 Å². The largest absolute Gasteiger partial charge is 0.352 e. The van der Waals surface area contributed by atoms with Gasteiger partial charge in [-0.3, -0.25) is 9.48 Å². The van der Waals surface area contributed by atoms with Gasteiger partial charge < -0.3 is 5.32 Å². The summed E-state index contributed by atoms with van der Waals surface area (Å²) in [7, 11) is 0. The van der Waals surface area contributed by atoms with Crippen LogP contribution in [0.1, 0.15) is 16.8 Å². The van der Waals surface area contributed by atoms with Crippen LogP contribution >= 0.6 is 11.6 Å². The number of carbonyl (C=O) groups is 1. The Labute approximate surface area is 146 Å². The van der Waals surface area contributed by atoms with E-state index in [1.165, 1.54) is 0 Å². The number of amides is 1. The van der Waals surface area contributed by atoms with Crippen LogP contribution in [0.5, 0.6) is 0 Å². The molecule has 1 aromatic heterocycles. The van der Waals surface area contributed by atoms with E-state index in [9.17, 15) is 4.79 Å². The first-order chi connectivity index (χ1) is 11.7. The summed E-state index contributed by atoms with van der Waals surface area (Å²) in [4.78, 5) is 12.2. The monoisotopic (exact) mass is 339 g/mol. The molecule has 1 heterocycles. The zero-order valence-electron chi connectivity index (χ0n) is 13.2. The highest BCUT2D eigenvalue weighted by atomic mass is 35.5. The number of carbonyl (C=O) groups excluding carboxylic acids is 1. The summed E-state index contributed by atoms with van der Waals surface area (Å²) in [6.45, 7) is 1.32. The van der Waals surface area contributed by atoms with Crippen LogP contribution in [0, 0.1) is 0 Å². The summed E-state index contributed by atoms with van der Waals surface area (Å²) in [6.07, 6.45) is 4.17. The van der Waals surface area contributed by atoms with Crippen LogP contribution in [0.2, 0.25) is 5.02 Å². The van der Waals surface area contributed by atoms with Crippen molar-refractivity contribution in [3.05, 3.63) is 77.6 Å². The van der Waals surface area contributed by atoms with E-state index in [-0.39, 0.29) is 5.91 Å². The number of aryl methyl sites for hydroxylation is 1. The molecule has 0 saturated carbocycles. The van der Waals surface area contributed by atoms with Gasteiger partial charge in [-0.2, -0.15) is 5.10 Å². The van der Waals surface area contributed by atoms with Crippen LogP contribution in [0.3, 0.4) is 0 Å². The topological polar surface area (TPSA) is 46.9 Å². The van der Waals surface area contributed by atoms with Gasteiger partial charge in [-0.1, -0.05) is 54.1 Å². The lowest BCUT2D eigenvalue weighted by atomic mass is 10.0. The fourth-order valence-corrected chi connectivity index (χ4v) is 2.61. The van der Waals surface area contributed by atoms with Crippen LogP contribution in [0.4, 0.5) is 0 Å². The number of aromatic nitrogens is 2. The number of hydrogen-bond donors (Lipinski definition) is 1. The highest BCUT2D eigenvalue weighted by Gasteiger charge is 2.05. The molecule has 0 bridgehead atoms. The average molecular weight is 340 g/mol. The van der Waals surface area contributed by atoms with E-state index in [4.69, 9.17) is 11.6 Å². The van der Waals surface area contributed by atoms with Crippen molar-refractivity contribution in [3.8, 4) is 11.1 Å². The van der Waals surface area contributed by atoms with Crippen LogP contribution < -0.4 is 5.32 Å². The highest BCUT2D eigenvalue weighted by molar-refractivity contribution is 6.30. The molecule has 3 aromatic rings. The maximum atomic E-state index is 12.2. The molecule has 4 nitrogen and oxygen atoms in total. The molecule has 0 atom stereocenters. The minimum atomic E-state index is -0.0619. The molecule has 0 saturated heterocycles. The molecule has 5 heteroatoms. The van der Waals surface area contributed by atoms with Gasteiger partial charge in [0, 0.05) is 24.8 Å². The SMILES string of the molecule is O=C(NCCCn1cc(Cl)cn1)c1ccc(-c2ccccc2)cc1. The second-order valence-electron chi connectivity index (χ2n) is 5.47. The summed E-state index contributed by atoms with van der Waals surface area (Å²) in [6, 6.07) is 17.7. The summed E-state index contributed by atoms with van der Waals surface area (Å²) in [5, 5.41) is 7.65. The second kappa shape index (κ2) is 7.79. The van der Waals surface area contributed by atoms with E-state index in [1.807, 2.05) is 42.5 Å². The minimum absolute atomic E-state index is 0.0619. The van der Waals surface area contributed by atoms with Crippen molar-refractivity contribution in [1.82, 2.24) is 15.1 Å². The third-order valence-electron chi connectivity index (χ3n) is 3.71. The lowest BCUT2D eigenvalue weighted by Crippen LogP contribution is -2.25. The van der Waals surface area contributed by atoms with Crippen molar-refractivity contribution < 1.29 is 4.79 Å². The number of hydrogen-bond acceptors (Lipinski definition) is 2. The molecule has 0 aliphatic heterocycles. The van der Waals surface area contributed by atoms with E-state index < -0.39 is 0 Å². The molecule has 0 unspecified atom stereocenters. The average Bonchev–Trinajstić information content (AvgIpc) is 3.05. The second-order valence-corrected chi connectivity index (χ2v) is 5.91. The van der Waals surface area contributed by atoms with Gasteiger partial charge in [-0.15, -0.1) is 0 Å². The summed E-state index contributed by atoms with van der Waals surface area (Å²) < 4.78 is 1.77. The van der Waals surface area contributed by atoms with E-state index >= 15 is 0 Å². The quantitative estimate of drug-likeness (QED) is 0.689. The molecular formula is C19H18ClN3O. The Bertz CT molecular complexity index is 797. The minimum Gasteiger partial charge on any atom is -0.352 e. The molecule has 2 aromatic carbocycles. The Morgan fingerprint density at radius 2 is 1.75 bits per heavy atom. The summed E-state index contributed by atoms with van der Waals surface area (Å²) in [5.74, 6) is -0.0619. The number of halogens is 1. The molecule has 1 N–H and O–H groups in total. The van der Waals surface area contributed by atoms with Crippen molar-refractivity contribution >= 4 is 17.5 Å². The predicted octanol–water partition coefficient (Wildman–Crippen LogP) is 4.02. The van der Waals surface area contributed by atoms with Crippen LogP contribution in [0.15, 0.2) is 67.0 Å². The molecule has 0 aliphatic carbocycles. The lowest BCUT2D eigenvalue weighted by Gasteiger charge is -2.07. The number of nitrogens with zero attached hydrogens (tertiary/aromatic N) is 2. The Kier molecular flexibility index (Phi) is 5.29. The number of rotatable bonds is 6. The smallest absolute Gasteiger partial charge is 0.251 e. The van der Waals surface area contributed by atoms with E-state index in [1.54, 1.807) is 17.1 Å². The fraction of sp³-hybridized carbons (Fsp3) is 0.158. The number of benzene rings is 2. The van der Waals surface area contributed by atoms with Gasteiger partial charge in [-0.05, 0) is 29.7 Å². The lowest BCUT2D eigenvalue weighted by molar-refractivity contribution is 0.0952. The van der Waals surface area contributed by atoms with Gasteiger partial charge in [0.2, 0.25) is 0 Å². The van der Waals surface area contributed by atoms with Crippen molar-refractivity contribution in [2.75, 3.05) is 6.54 Å². The Morgan fingerprint density at radius 1 is 1.04 bits per heavy atom. The van der Waals surface area contributed by atoms with E-state index in [0.717, 1.165) is 24.1 Å². The highest BCUT2D eigenvalue weighted by Crippen LogP contribution is 2.19. The maximum absolute atomic E-state index is 12.2. The zero-order chi connectivity index (χ0) is 16.8. The van der Waals surface area contributed by atoms with Crippen molar-refractivity contribution in [1.29, 1.82) is 0 Å². The summed E-state index contributed by atoms with van der Waals surface area (Å²) >= 11 is 5.81. The summed E-state index contributed by atoms with van der Waals surface area (Å²) in [5.41, 5.74) is 2.90. The van der Waals surface area contributed by atoms with Crippen LogP contribution in [-0.2, 0) is 6.54 Å². The first-order valence-electron chi connectivity index (χ1n) is 7.84. The molecule has 0 aliphatic rings. The molecule has 122 valence electrons. The van der Waals surface area contributed by atoms with Crippen molar-refractivity contribution in [2.45, 2.75) is 13.0 Å². The molecule has 24 heavy (non-hydrogen) atoms. The predicted molar refractivity (Wildman–Crippen MR) is 96.1 cm³/mol. The first kappa shape index (κ1) is 16.3. The van der Waals surface area contributed by atoms with Crippen LogP contribution in [-0.4, -0.2) is 22.2 Å². The standard InChI is InChI=1S/C19H18ClN3O/c20-18-13-22-23(14-18)12-4-11-21-19(24)17-9-7-16(8-10-17)15-5-2-1-3-6-15/h1-3,5-10,13-14H,4,11-12H2,(H,21,24). The van der Waals surface area contributed by atoms with Gasteiger partial charge >= 0.3 is 0 Å². The normalized spacial score (nSPS) is 10.5. The molecule has 0 fully saturated rings. The van der Waals surface area contributed by atoms with Crippen LogP contribution in [0.25, 0.3) is 11.1 Å². The van der Waals surface area contributed by atoms with Crippen molar-refractivity contribution in [3.63, 3.8) is 0 Å². The van der Waals surface area contributed by atoms with Gasteiger partial charge in [0.05, 0.1) is 11.2 Å².